The second-order valence-electron chi connectivity index (χ2n) is 6.70. The monoisotopic (exact) mass is 438 g/mol. The van der Waals surface area contributed by atoms with Crippen LogP contribution in [0.2, 0.25) is 0 Å². The lowest BCUT2D eigenvalue weighted by molar-refractivity contribution is -0.121. The van der Waals surface area contributed by atoms with Gasteiger partial charge in [0.2, 0.25) is 15.9 Å². The standard InChI is InChI=1S/C21H27FN2O5S/c1-28-19-11-10-18(15-20(19)29-2)24(30(3,26)27)14-4-5-21(25)23-13-12-16-6-8-17(22)9-7-16/h6-11,15H,4-5,12-14H2,1-3H3,(H,23,25). The topological polar surface area (TPSA) is 84.9 Å². The van der Waals surface area contributed by atoms with Crippen LogP contribution >= 0.6 is 0 Å². The van der Waals surface area contributed by atoms with Crippen LogP contribution in [-0.4, -0.2) is 47.9 Å². The highest BCUT2D eigenvalue weighted by Gasteiger charge is 2.19. The number of amides is 1. The van der Waals surface area contributed by atoms with E-state index in [2.05, 4.69) is 5.32 Å². The predicted molar refractivity (Wildman–Crippen MR) is 114 cm³/mol. The van der Waals surface area contributed by atoms with Crippen LogP contribution in [0.4, 0.5) is 10.1 Å². The van der Waals surface area contributed by atoms with Crippen molar-refractivity contribution in [2.24, 2.45) is 0 Å². The van der Waals surface area contributed by atoms with Gasteiger partial charge in [-0.15, -0.1) is 0 Å². The SMILES string of the molecule is COc1ccc(N(CCCC(=O)NCCc2ccc(F)cc2)S(C)(=O)=O)cc1OC. The van der Waals surface area contributed by atoms with Gasteiger partial charge < -0.3 is 14.8 Å². The Morgan fingerprint density at radius 2 is 1.73 bits per heavy atom. The number of benzene rings is 2. The first kappa shape index (κ1) is 23.5. The van der Waals surface area contributed by atoms with Crippen molar-refractivity contribution in [3.05, 3.63) is 53.8 Å². The lowest BCUT2D eigenvalue weighted by atomic mass is 10.1. The summed E-state index contributed by atoms with van der Waals surface area (Å²) in [6.07, 6.45) is 2.24. The number of rotatable bonds is 11. The molecule has 9 heteroatoms. The van der Waals surface area contributed by atoms with Crippen molar-refractivity contribution in [3.63, 3.8) is 0 Å². The summed E-state index contributed by atoms with van der Waals surface area (Å²) >= 11 is 0. The molecule has 2 aromatic carbocycles. The number of halogens is 1. The quantitative estimate of drug-likeness (QED) is 0.583. The first-order valence-electron chi connectivity index (χ1n) is 9.45. The smallest absolute Gasteiger partial charge is 0.232 e. The van der Waals surface area contributed by atoms with Crippen LogP contribution in [0.25, 0.3) is 0 Å². The fraction of sp³-hybridized carbons (Fsp3) is 0.381. The minimum absolute atomic E-state index is 0.152. The first-order chi connectivity index (χ1) is 14.2. The summed E-state index contributed by atoms with van der Waals surface area (Å²) in [5, 5.41) is 2.79. The fourth-order valence-corrected chi connectivity index (χ4v) is 3.89. The van der Waals surface area contributed by atoms with Gasteiger partial charge in [0, 0.05) is 25.6 Å². The van der Waals surface area contributed by atoms with Crippen molar-refractivity contribution in [2.45, 2.75) is 19.3 Å². The molecule has 0 aromatic heterocycles. The Morgan fingerprint density at radius 1 is 1.07 bits per heavy atom. The van der Waals surface area contributed by atoms with Crippen LogP contribution in [0.1, 0.15) is 18.4 Å². The molecule has 164 valence electrons. The maximum Gasteiger partial charge on any atom is 0.232 e. The Balaban J connectivity index is 1.89. The van der Waals surface area contributed by atoms with Crippen LogP contribution in [-0.2, 0) is 21.2 Å². The molecule has 0 saturated carbocycles. The molecule has 0 aliphatic carbocycles. The number of nitrogens with one attached hydrogen (secondary N) is 1. The Hall–Kier alpha value is -2.81. The molecule has 0 aliphatic heterocycles. The Kier molecular flexibility index (Phi) is 8.46. The molecular formula is C21H27FN2O5S. The minimum atomic E-state index is -3.54. The van der Waals surface area contributed by atoms with Gasteiger partial charge in [-0.1, -0.05) is 12.1 Å². The summed E-state index contributed by atoms with van der Waals surface area (Å²) in [4.78, 5) is 12.1. The summed E-state index contributed by atoms with van der Waals surface area (Å²) < 4.78 is 49.0. The van der Waals surface area contributed by atoms with E-state index in [9.17, 15) is 17.6 Å². The average Bonchev–Trinajstić information content (AvgIpc) is 2.71. The molecule has 0 aliphatic rings. The first-order valence-corrected chi connectivity index (χ1v) is 11.3. The zero-order valence-electron chi connectivity index (χ0n) is 17.4. The summed E-state index contributed by atoms with van der Waals surface area (Å²) in [6.45, 7) is 0.579. The third-order valence-corrected chi connectivity index (χ3v) is 5.66. The summed E-state index contributed by atoms with van der Waals surface area (Å²) in [7, 11) is -0.567. The van der Waals surface area contributed by atoms with Crippen molar-refractivity contribution < 1.29 is 27.1 Å². The Labute approximate surface area is 176 Å². The van der Waals surface area contributed by atoms with Gasteiger partial charge >= 0.3 is 0 Å². The third kappa shape index (κ3) is 6.91. The van der Waals surface area contributed by atoms with Crippen LogP contribution in [0.5, 0.6) is 11.5 Å². The molecule has 0 unspecified atom stereocenters. The van der Waals surface area contributed by atoms with E-state index in [1.54, 1.807) is 30.3 Å². The van der Waals surface area contributed by atoms with Crippen LogP contribution < -0.4 is 19.1 Å². The number of carbonyl (C=O) groups is 1. The van der Waals surface area contributed by atoms with Crippen LogP contribution in [0.15, 0.2) is 42.5 Å². The van der Waals surface area contributed by atoms with E-state index in [0.29, 0.717) is 36.6 Å². The molecule has 0 bridgehead atoms. The van der Waals surface area contributed by atoms with E-state index < -0.39 is 10.0 Å². The minimum Gasteiger partial charge on any atom is -0.493 e. The van der Waals surface area contributed by atoms with E-state index in [-0.39, 0.29) is 24.7 Å². The largest absolute Gasteiger partial charge is 0.493 e. The Morgan fingerprint density at radius 3 is 2.33 bits per heavy atom. The van der Waals surface area contributed by atoms with E-state index in [1.165, 1.54) is 30.7 Å². The zero-order valence-corrected chi connectivity index (χ0v) is 18.2. The van der Waals surface area contributed by atoms with Crippen molar-refractivity contribution in [1.82, 2.24) is 5.32 Å². The number of anilines is 1. The number of hydrogen-bond acceptors (Lipinski definition) is 5. The summed E-state index contributed by atoms with van der Waals surface area (Å²) in [5.41, 5.74) is 1.36. The maximum atomic E-state index is 12.9. The third-order valence-electron chi connectivity index (χ3n) is 4.47. The number of sulfonamides is 1. The van der Waals surface area contributed by atoms with Gasteiger partial charge in [-0.2, -0.15) is 0 Å². The molecule has 0 radical (unpaired) electrons. The van der Waals surface area contributed by atoms with Gasteiger partial charge in [-0.25, -0.2) is 12.8 Å². The van der Waals surface area contributed by atoms with E-state index in [0.717, 1.165) is 11.8 Å². The highest BCUT2D eigenvalue weighted by Crippen LogP contribution is 2.32. The van der Waals surface area contributed by atoms with E-state index in [1.807, 2.05) is 0 Å². The van der Waals surface area contributed by atoms with E-state index >= 15 is 0 Å². The normalized spacial score (nSPS) is 11.1. The molecule has 7 nitrogen and oxygen atoms in total. The molecule has 0 saturated heterocycles. The molecule has 2 rings (SSSR count). The van der Waals surface area contributed by atoms with Crippen molar-refractivity contribution in [1.29, 1.82) is 0 Å². The molecule has 0 atom stereocenters. The molecule has 30 heavy (non-hydrogen) atoms. The number of nitrogens with zero attached hydrogens (tertiary/aromatic N) is 1. The highest BCUT2D eigenvalue weighted by atomic mass is 32.2. The molecule has 0 spiro atoms. The van der Waals surface area contributed by atoms with Crippen molar-refractivity contribution >= 4 is 21.6 Å². The van der Waals surface area contributed by atoms with Gasteiger partial charge in [0.25, 0.3) is 0 Å². The van der Waals surface area contributed by atoms with Gasteiger partial charge in [0.1, 0.15) is 5.82 Å². The van der Waals surface area contributed by atoms with Gasteiger partial charge in [-0.05, 0) is 42.7 Å². The van der Waals surface area contributed by atoms with Gasteiger partial charge in [-0.3, -0.25) is 9.10 Å². The molecule has 1 amide bonds. The molecule has 2 aromatic rings. The number of carbonyl (C=O) groups excluding carboxylic acids is 1. The Bertz CT molecular complexity index is 948. The summed E-state index contributed by atoms with van der Waals surface area (Å²) in [6, 6.07) is 11.0. The predicted octanol–water partition coefficient (Wildman–Crippen LogP) is 2.75. The second-order valence-corrected chi connectivity index (χ2v) is 8.61. The van der Waals surface area contributed by atoms with Gasteiger partial charge in [0.05, 0.1) is 26.2 Å². The maximum absolute atomic E-state index is 12.9. The van der Waals surface area contributed by atoms with Crippen molar-refractivity contribution in [2.75, 3.05) is 37.9 Å². The lowest BCUT2D eigenvalue weighted by Crippen LogP contribution is -2.32. The molecular weight excluding hydrogens is 411 g/mol. The average molecular weight is 439 g/mol. The molecule has 0 fully saturated rings. The molecule has 0 heterocycles. The second kappa shape index (κ2) is 10.8. The number of methoxy groups -OCH3 is 2. The van der Waals surface area contributed by atoms with E-state index in [4.69, 9.17) is 9.47 Å². The molecule has 1 N–H and O–H groups in total. The number of ether oxygens (including phenoxy) is 2. The highest BCUT2D eigenvalue weighted by molar-refractivity contribution is 7.92. The van der Waals surface area contributed by atoms with Crippen LogP contribution in [0, 0.1) is 5.82 Å². The lowest BCUT2D eigenvalue weighted by Gasteiger charge is -2.23. The van der Waals surface area contributed by atoms with Crippen LogP contribution in [0.3, 0.4) is 0 Å². The van der Waals surface area contributed by atoms with Crippen molar-refractivity contribution in [3.8, 4) is 11.5 Å². The van der Waals surface area contributed by atoms with Gasteiger partial charge in [0.15, 0.2) is 11.5 Å². The summed E-state index contributed by atoms with van der Waals surface area (Å²) in [5.74, 6) is 0.447. The number of hydrogen-bond donors (Lipinski definition) is 1. The fourth-order valence-electron chi connectivity index (χ4n) is 2.94. The zero-order chi connectivity index (χ0) is 22.1.